The van der Waals surface area contributed by atoms with Crippen LogP contribution in [0, 0.1) is 5.92 Å². The van der Waals surface area contributed by atoms with Gasteiger partial charge in [-0.05, 0) is 42.5 Å². The van der Waals surface area contributed by atoms with Gasteiger partial charge in [0, 0.05) is 57.5 Å². The van der Waals surface area contributed by atoms with Crippen molar-refractivity contribution in [3.05, 3.63) is 47.3 Å². The smallest absolute Gasteiger partial charge is 0.377 e. The highest BCUT2D eigenvalue weighted by molar-refractivity contribution is 7.91. The number of aliphatic hydroxyl groups is 1. The van der Waals surface area contributed by atoms with Crippen molar-refractivity contribution in [3.8, 4) is 0 Å². The molecule has 0 aliphatic carbocycles. The average molecular weight is 546 g/mol. The minimum atomic E-state index is -4.80. The highest BCUT2D eigenvalue weighted by Crippen LogP contribution is 2.39. The molecule has 0 radical (unpaired) electrons. The molecule has 0 saturated carbocycles. The SMILES string of the molecule is CC(O)(c1ccc(N2CCN(S(=O)(=O)c3cccs3)CC2CN2CC3CCOC3C2)cc1)C(F)(F)F. The van der Waals surface area contributed by atoms with Gasteiger partial charge in [0.15, 0.2) is 5.60 Å². The number of ether oxygens (including phenoxy) is 1. The fourth-order valence-electron chi connectivity index (χ4n) is 5.43. The number of benzene rings is 1. The van der Waals surface area contributed by atoms with E-state index in [0.29, 0.717) is 28.9 Å². The monoisotopic (exact) mass is 545 g/mol. The minimum Gasteiger partial charge on any atom is -0.377 e. The Bertz CT molecular complexity index is 1140. The van der Waals surface area contributed by atoms with Gasteiger partial charge in [-0.2, -0.15) is 17.5 Å². The summed E-state index contributed by atoms with van der Waals surface area (Å²) < 4.78 is 74.0. The molecule has 1 aromatic carbocycles. The van der Waals surface area contributed by atoms with Crippen molar-refractivity contribution in [1.29, 1.82) is 0 Å². The van der Waals surface area contributed by atoms with E-state index in [1.807, 2.05) is 0 Å². The zero-order chi connectivity index (χ0) is 25.7. The van der Waals surface area contributed by atoms with E-state index in [1.165, 1.54) is 27.8 Å². The summed E-state index contributed by atoms with van der Waals surface area (Å²) in [6.45, 7) is 4.77. The van der Waals surface area contributed by atoms with E-state index in [-0.39, 0.29) is 30.8 Å². The average Bonchev–Trinajstić information content (AvgIpc) is 3.57. The number of piperazine rings is 1. The molecule has 1 aromatic heterocycles. The number of rotatable bonds is 6. The lowest BCUT2D eigenvalue weighted by molar-refractivity contribution is -0.258. The number of hydrogen-bond donors (Lipinski definition) is 1. The number of sulfonamides is 1. The third kappa shape index (κ3) is 4.79. The Balaban J connectivity index is 1.38. The number of alkyl halides is 3. The fourth-order valence-corrected chi connectivity index (χ4v) is 8.04. The summed E-state index contributed by atoms with van der Waals surface area (Å²) >= 11 is 1.19. The van der Waals surface area contributed by atoms with E-state index >= 15 is 0 Å². The van der Waals surface area contributed by atoms with Crippen molar-refractivity contribution >= 4 is 27.0 Å². The summed E-state index contributed by atoms with van der Waals surface area (Å²) in [5.41, 5.74) is -2.49. The molecular formula is C24H30F3N3O4S2. The highest BCUT2D eigenvalue weighted by Gasteiger charge is 2.51. The van der Waals surface area contributed by atoms with E-state index in [2.05, 4.69) is 9.80 Å². The van der Waals surface area contributed by atoms with Crippen LogP contribution in [0.1, 0.15) is 18.9 Å². The Labute approximate surface area is 213 Å². The quantitative estimate of drug-likeness (QED) is 0.602. The van der Waals surface area contributed by atoms with Crippen molar-refractivity contribution in [3.63, 3.8) is 0 Å². The second-order valence-corrected chi connectivity index (χ2v) is 13.0. The molecule has 2 aromatic rings. The van der Waals surface area contributed by atoms with Crippen LogP contribution in [0.15, 0.2) is 46.0 Å². The molecule has 3 saturated heterocycles. The Kier molecular flexibility index (Phi) is 6.88. The number of anilines is 1. The Hall–Kier alpha value is -1.70. The fraction of sp³-hybridized carbons (Fsp3) is 0.583. The molecule has 0 amide bonds. The Morgan fingerprint density at radius 3 is 2.50 bits per heavy atom. The van der Waals surface area contributed by atoms with Crippen LogP contribution >= 0.6 is 11.3 Å². The number of nitrogens with zero attached hydrogens (tertiary/aromatic N) is 3. The van der Waals surface area contributed by atoms with Crippen LogP contribution in [0.3, 0.4) is 0 Å². The third-order valence-electron chi connectivity index (χ3n) is 7.59. The summed E-state index contributed by atoms with van der Waals surface area (Å²) in [7, 11) is -3.62. The van der Waals surface area contributed by atoms with Gasteiger partial charge in [0.25, 0.3) is 10.0 Å². The van der Waals surface area contributed by atoms with Gasteiger partial charge >= 0.3 is 6.18 Å². The lowest BCUT2D eigenvalue weighted by Gasteiger charge is -2.43. The van der Waals surface area contributed by atoms with Gasteiger partial charge in [-0.15, -0.1) is 11.3 Å². The maximum absolute atomic E-state index is 13.3. The number of halogens is 3. The topological polar surface area (TPSA) is 73.3 Å². The number of thiophene rings is 1. The van der Waals surface area contributed by atoms with Crippen molar-refractivity contribution in [2.45, 2.75) is 41.5 Å². The molecule has 3 aliphatic heterocycles. The first-order valence-corrected chi connectivity index (χ1v) is 14.3. The van der Waals surface area contributed by atoms with E-state index in [0.717, 1.165) is 33.0 Å². The number of hydrogen-bond acceptors (Lipinski definition) is 7. The van der Waals surface area contributed by atoms with Gasteiger partial charge in [-0.25, -0.2) is 8.42 Å². The van der Waals surface area contributed by atoms with Crippen LogP contribution < -0.4 is 4.90 Å². The predicted octanol–water partition coefficient (Wildman–Crippen LogP) is 3.12. The van der Waals surface area contributed by atoms with E-state index in [1.54, 1.807) is 29.6 Å². The molecule has 12 heteroatoms. The van der Waals surface area contributed by atoms with Crippen molar-refractivity contribution in [1.82, 2.24) is 9.21 Å². The normalized spacial score (nSPS) is 27.8. The lowest BCUT2D eigenvalue weighted by atomic mass is 9.95. The standard InChI is InChI=1S/C24H30F3N3O4S2/c1-23(31,24(25,26)27)18-4-6-19(7-5-18)30-10-9-29(36(32,33)22-3-2-12-35-22)15-20(30)14-28-13-17-8-11-34-21(17)16-28/h2-7,12,17,20-21,31H,8-11,13-16H2,1H3. The zero-order valence-corrected chi connectivity index (χ0v) is 21.5. The molecule has 4 heterocycles. The van der Waals surface area contributed by atoms with Gasteiger partial charge in [-0.3, -0.25) is 4.90 Å². The first-order valence-electron chi connectivity index (χ1n) is 12.0. The molecule has 5 rings (SSSR count). The first-order chi connectivity index (χ1) is 17.0. The molecular weight excluding hydrogens is 515 g/mol. The summed E-state index contributed by atoms with van der Waals surface area (Å²) in [4.78, 5) is 4.37. The van der Waals surface area contributed by atoms with E-state index < -0.39 is 21.8 Å². The van der Waals surface area contributed by atoms with Crippen molar-refractivity contribution in [2.24, 2.45) is 5.92 Å². The van der Waals surface area contributed by atoms with Crippen LogP contribution in [-0.4, -0.2) is 86.9 Å². The molecule has 0 spiro atoms. The summed E-state index contributed by atoms with van der Waals surface area (Å²) in [5.74, 6) is 0.483. The van der Waals surface area contributed by atoms with Gasteiger partial charge in [-0.1, -0.05) is 18.2 Å². The second-order valence-electron chi connectivity index (χ2n) is 9.94. The molecule has 4 unspecified atom stereocenters. The molecule has 4 atom stereocenters. The molecule has 0 bridgehead atoms. The highest BCUT2D eigenvalue weighted by atomic mass is 32.2. The lowest BCUT2D eigenvalue weighted by Crippen LogP contribution is -2.58. The minimum absolute atomic E-state index is 0.193. The predicted molar refractivity (Wildman–Crippen MR) is 131 cm³/mol. The Morgan fingerprint density at radius 2 is 1.86 bits per heavy atom. The van der Waals surface area contributed by atoms with Gasteiger partial charge in [0.1, 0.15) is 4.21 Å². The largest absolute Gasteiger partial charge is 0.421 e. The van der Waals surface area contributed by atoms with Crippen molar-refractivity contribution in [2.75, 3.05) is 50.8 Å². The van der Waals surface area contributed by atoms with Crippen LogP contribution in [-0.2, 0) is 20.4 Å². The summed E-state index contributed by atoms with van der Waals surface area (Å²) in [6, 6.07) is 8.87. The van der Waals surface area contributed by atoms with Crippen LogP contribution in [0.4, 0.5) is 18.9 Å². The maximum atomic E-state index is 13.3. The summed E-state index contributed by atoms with van der Waals surface area (Å²) in [6.07, 6.45) is -3.57. The van der Waals surface area contributed by atoms with Gasteiger partial charge in [0.2, 0.25) is 0 Å². The first kappa shape index (κ1) is 25.9. The van der Waals surface area contributed by atoms with Crippen molar-refractivity contribution < 1.29 is 31.4 Å². The summed E-state index contributed by atoms with van der Waals surface area (Å²) in [5, 5.41) is 11.8. The maximum Gasteiger partial charge on any atom is 0.421 e. The Morgan fingerprint density at radius 1 is 1.11 bits per heavy atom. The number of fused-ring (bicyclic) bond motifs is 1. The van der Waals surface area contributed by atoms with E-state index in [9.17, 15) is 26.7 Å². The van der Waals surface area contributed by atoms with Gasteiger partial charge in [0.05, 0.1) is 12.1 Å². The number of likely N-dealkylation sites (tertiary alicyclic amines) is 1. The van der Waals surface area contributed by atoms with Gasteiger partial charge < -0.3 is 14.7 Å². The molecule has 198 valence electrons. The molecule has 7 nitrogen and oxygen atoms in total. The third-order valence-corrected chi connectivity index (χ3v) is 10.8. The molecule has 1 N–H and O–H groups in total. The van der Waals surface area contributed by atoms with Crippen LogP contribution in [0.25, 0.3) is 0 Å². The van der Waals surface area contributed by atoms with Crippen LogP contribution in [0.2, 0.25) is 0 Å². The molecule has 3 fully saturated rings. The molecule has 36 heavy (non-hydrogen) atoms. The second kappa shape index (κ2) is 9.55. The zero-order valence-electron chi connectivity index (χ0n) is 19.9. The molecule has 3 aliphatic rings. The van der Waals surface area contributed by atoms with Crippen LogP contribution in [0.5, 0.6) is 0 Å². The van der Waals surface area contributed by atoms with E-state index in [4.69, 9.17) is 4.74 Å².